The summed E-state index contributed by atoms with van der Waals surface area (Å²) in [5, 5.41) is 0. The van der Waals surface area contributed by atoms with E-state index >= 15 is 0 Å². The van der Waals surface area contributed by atoms with Crippen LogP contribution in [0.3, 0.4) is 0 Å². The van der Waals surface area contributed by atoms with E-state index in [9.17, 15) is 22.8 Å². The number of ether oxygens (including phenoxy) is 1. The molecule has 22 heavy (non-hydrogen) atoms. The second-order valence-electron chi connectivity index (χ2n) is 4.33. The molecular formula is C15H12F3NO3. The van der Waals surface area contributed by atoms with Crippen molar-refractivity contribution >= 4 is 5.97 Å². The van der Waals surface area contributed by atoms with Crippen LogP contribution in [0.4, 0.5) is 13.2 Å². The fourth-order valence-electron chi connectivity index (χ4n) is 1.96. The second-order valence-corrected chi connectivity index (χ2v) is 4.33. The smallest absolute Gasteiger partial charge is 0.431 e. The molecule has 1 aromatic carbocycles. The van der Waals surface area contributed by atoms with Crippen LogP contribution in [0.5, 0.6) is 0 Å². The van der Waals surface area contributed by atoms with Crippen molar-refractivity contribution in [1.29, 1.82) is 0 Å². The Morgan fingerprint density at radius 1 is 1.14 bits per heavy atom. The van der Waals surface area contributed by atoms with Gasteiger partial charge in [0.2, 0.25) is 0 Å². The summed E-state index contributed by atoms with van der Waals surface area (Å²) in [5.41, 5.74) is -2.65. The molecule has 0 aliphatic heterocycles. The number of alkyl halides is 3. The summed E-state index contributed by atoms with van der Waals surface area (Å²) in [6.45, 7) is 1.56. The van der Waals surface area contributed by atoms with Gasteiger partial charge in [-0.05, 0) is 31.2 Å². The number of pyridine rings is 1. The molecule has 0 unspecified atom stereocenters. The van der Waals surface area contributed by atoms with E-state index < -0.39 is 29.0 Å². The van der Waals surface area contributed by atoms with E-state index in [0.717, 1.165) is 6.07 Å². The van der Waals surface area contributed by atoms with Gasteiger partial charge in [-0.1, -0.05) is 18.2 Å². The van der Waals surface area contributed by atoms with Crippen molar-refractivity contribution in [2.45, 2.75) is 13.1 Å². The summed E-state index contributed by atoms with van der Waals surface area (Å²) in [4.78, 5) is 24.0. The maximum Gasteiger partial charge on any atom is 0.431 e. The fraction of sp³-hybridized carbons (Fsp3) is 0.200. The molecule has 0 aliphatic carbocycles. The number of carbonyl (C=O) groups excluding carboxylic acids is 1. The molecule has 0 radical (unpaired) electrons. The number of hydrogen-bond acceptors (Lipinski definition) is 3. The quantitative estimate of drug-likeness (QED) is 0.819. The highest BCUT2D eigenvalue weighted by atomic mass is 19.4. The molecule has 2 rings (SSSR count). The molecule has 116 valence electrons. The largest absolute Gasteiger partial charge is 0.462 e. The lowest BCUT2D eigenvalue weighted by Gasteiger charge is -2.16. The van der Waals surface area contributed by atoms with E-state index in [4.69, 9.17) is 4.74 Å². The average molecular weight is 311 g/mol. The Morgan fingerprint density at radius 3 is 2.32 bits per heavy atom. The summed E-state index contributed by atoms with van der Waals surface area (Å²) in [6.07, 6.45) is -4.73. The van der Waals surface area contributed by atoms with Crippen LogP contribution in [-0.4, -0.2) is 17.1 Å². The fourth-order valence-corrected chi connectivity index (χ4v) is 1.96. The van der Waals surface area contributed by atoms with Crippen LogP contribution >= 0.6 is 0 Å². The molecule has 0 amide bonds. The minimum atomic E-state index is -4.73. The lowest BCUT2D eigenvalue weighted by Crippen LogP contribution is -2.31. The molecular weight excluding hydrogens is 299 g/mol. The number of carbonyl (C=O) groups is 1. The van der Waals surface area contributed by atoms with E-state index in [1.165, 1.54) is 31.2 Å². The van der Waals surface area contributed by atoms with Crippen molar-refractivity contribution in [2.24, 2.45) is 0 Å². The third-order valence-corrected chi connectivity index (χ3v) is 2.88. The van der Waals surface area contributed by atoms with Gasteiger partial charge >= 0.3 is 12.1 Å². The molecule has 7 heteroatoms. The first-order valence-electron chi connectivity index (χ1n) is 6.42. The molecule has 0 N–H and O–H groups in total. The van der Waals surface area contributed by atoms with Crippen molar-refractivity contribution in [3.05, 3.63) is 64.1 Å². The lowest BCUT2D eigenvalue weighted by molar-refractivity contribution is -0.142. The molecule has 0 saturated heterocycles. The van der Waals surface area contributed by atoms with Crippen LogP contribution in [-0.2, 0) is 10.9 Å². The molecule has 2 aromatic rings. The highest BCUT2D eigenvalue weighted by molar-refractivity contribution is 5.89. The van der Waals surface area contributed by atoms with Gasteiger partial charge in [-0.3, -0.25) is 9.36 Å². The topological polar surface area (TPSA) is 48.3 Å². The van der Waals surface area contributed by atoms with Crippen molar-refractivity contribution < 1.29 is 22.7 Å². The number of nitrogens with zero attached hydrogens (tertiary/aromatic N) is 1. The standard InChI is InChI=1S/C15H12F3NO3/c1-2-22-14(21)11-8-9-12(15(16,17)18)19(13(11)20)10-6-4-3-5-7-10/h3-9H,2H2,1H3. The van der Waals surface area contributed by atoms with Gasteiger partial charge in [0.25, 0.3) is 5.56 Å². The molecule has 0 saturated carbocycles. The molecule has 1 aromatic heterocycles. The van der Waals surface area contributed by atoms with Gasteiger partial charge in [0, 0.05) is 5.69 Å². The first kappa shape index (κ1) is 15.8. The number of hydrogen-bond donors (Lipinski definition) is 0. The number of aromatic nitrogens is 1. The molecule has 1 heterocycles. The zero-order valence-corrected chi connectivity index (χ0v) is 11.6. The van der Waals surface area contributed by atoms with Gasteiger partial charge < -0.3 is 4.74 Å². The Balaban J connectivity index is 2.73. The Labute approximate surface area is 123 Å². The molecule has 0 aliphatic rings. The number of halogens is 3. The minimum absolute atomic E-state index is 0.0185. The van der Waals surface area contributed by atoms with Crippen molar-refractivity contribution in [3.8, 4) is 5.69 Å². The van der Waals surface area contributed by atoms with E-state index in [1.807, 2.05) is 0 Å². The summed E-state index contributed by atoms with van der Waals surface area (Å²) in [5.74, 6) is -0.953. The van der Waals surface area contributed by atoms with Crippen LogP contribution < -0.4 is 5.56 Å². The highest BCUT2D eigenvalue weighted by Crippen LogP contribution is 2.30. The van der Waals surface area contributed by atoms with Gasteiger partial charge in [0.1, 0.15) is 11.3 Å². The summed E-state index contributed by atoms with van der Waals surface area (Å²) >= 11 is 0. The zero-order valence-electron chi connectivity index (χ0n) is 11.6. The predicted octanol–water partition coefficient (Wildman–Crippen LogP) is 3.03. The Kier molecular flexibility index (Phi) is 4.35. The molecule has 0 fully saturated rings. The summed E-state index contributed by atoms with van der Waals surface area (Å²) in [7, 11) is 0. The highest BCUT2D eigenvalue weighted by Gasteiger charge is 2.35. The first-order chi connectivity index (χ1) is 10.4. The Hall–Kier alpha value is -2.57. The van der Waals surface area contributed by atoms with Crippen molar-refractivity contribution in [2.75, 3.05) is 6.61 Å². The minimum Gasteiger partial charge on any atom is -0.462 e. The maximum atomic E-state index is 13.1. The van der Waals surface area contributed by atoms with Crippen LogP contribution in [0.15, 0.2) is 47.3 Å². The van der Waals surface area contributed by atoms with E-state index in [2.05, 4.69) is 0 Å². The maximum absolute atomic E-state index is 13.1. The number of rotatable bonds is 3. The van der Waals surface area contributed by atoms with E-state index in [-0.39, 0.29) is 12.3 Å². The Bertz CT molecular complexity index is 736. The summed E-state index contributed by atoms with van der Waals surface area (Å²) in [6, 6.07) is 8.84. The summed E-state index contributed by atoms with van der Waals surface area (Å²) < 4.78 is 44.5. The van der Waals surface area contributed by atoms with Crippen molar-refractivity contribution in [3.63, 3.8) is 0 Å². The average Bonchev–Trinajstić information content (AvgIpc) is 2.47. The van der Waals surface area contributed by atoms with Gasteiger partial charge in [0.05, 0.1) is 6.61 Å². The molecule has 0 bridgehead atoms. The monoisotopic (exact) mass is 311 g/mol. The molecule has 4 nitrogen and oxygen atoms in total. The Morgan fingerprint density at radius 2 is 1.77 bits per heavy atom. The van der Waals surface area contributed by atoms with Crippen LogP contribution in [0.2, 0.25) is 0 Å². The SMILES string of the molecule is CCOC(=O)c1ccc(C(F)(F)F)n(-c2ccccc2)c1=O. The van der Waals surface area contributed by atoms with Crippen molar-refractivity contribution in [1.82, 2.24) is 4.57 Å². The van der Waals surface area contributed by atoms with Gasteiger partial charge in [-0.2, -0.15) is 13.2 Å². The number of benzene rings is 1. The third kappa shape index (κ3) is 3.03. The third-order valence-electron chi connectivity index (χ3n) is 2.88. The number of esters is 1. The molecule has 0 spiro atoms. The molecule has 0 atom stereocenters. The zero-order chi connectivity index (χ0) is 16.3. The van der Waals surface area contributed by atoms with Crippen LogP contribution in [0.1, 0.15) is 23.0 Å². The second kappa shape index (κ2) is 6.05. The van der Waals surface area contributed by atoms with Gasteiger partial charge in [0.15, 0.2) is 0 Å². The van der Waals surface area contributed by atoms with E-state index in [1.54, 1.807) is 6.07 Å². The number of para-hydroxylation sites is 1. The first-order valence-corrected chi connectivity index (χ1v) is 6.42. The lowest BCUT2D eigenvalue weighted by atomic mass is 10.2. The van der Waals surface area contributed by atoms with Gasteiger partial charge in [-0.25, -0.2) is 4.79 Å². The van der Waals surface area contributed by atoms with Gasteiger partial charge in [-0.15, -0.1) is 0 Å². The predicted molar refractivity (Wildman–Crippen MR) is 73.0 cm³/mol. The van der Waals surface area contributed by atoms with E-state index in [0.29, 0.717) is 10.6 Å². The van der Waals surface area contributed by atoms with Crippen LogP contribution in [0, 0.1) is 0 Å². The van der Waals surface area contributed by atoms with Crippen LogP contribution in [0.25, 0.3) is 5.69 Å². The normalized spacial score (nSPS) is 11.3.